The molecule has 0 atom stereocenters. The van der Waals surface area contributed by atoms with Crippen molar-refractivity contribution >= 4 is 22.7 Å². The van der Waals surface area contributed by atoms with E-state index in [0.29, 0.717) is 28.8 Å². The number of hydrogen-bond donors (Lipinski definition) is 0. The van der Waals surface area contributed by atoms with Gasteiger partial charge in [-0.15, -0.1) is 10.2 Å². The summed E-state index contributed by atoms with van der Waals surface area (Å²) in [7, 11) is 0. The van der Waals surface area contributed by atoms with Crippen molar-refractivity contribution < 1.29 is 8.81 Å². The summed E-state index contributed by atoms with van der Waals surface area (Å²) >= 11 is 1.53. The Morgan fingerprint density at radius 3 is 2.71 bits per heavy atom. The molecule has 2 aromatic carbocycles. The predicted molar refractivity (Wildman–Crippen MR) is 118 cm³/mol. The van der Waals surface area contributed by atoms with Gasteiger partial charge in [-0.1, -0.05) is 23.9 Å². The van der Waals surface area contributed by atoms with Gasteiger partial charge in [-0.05, 0) is 73.1 Å². The van der Waals surface area contributed by atoms with Gasteiger partial charge in [0.05, 0.1) is 5.56 Å². The minimum absolute atomic E-state index is 0.297. The van der Waals surface area contributed by atoms with Gasteiger partial charge in [0.1, 0.15) is 11.4 Å². The summed E-state index contributed by atoms with van der Waals surface area (Å²) < 4.78 is 21.9. The average Bonchev–Trinajstić information content (AvgIpc) is 3.35. The molecule has 0 aliphatic heterocycles. The maximum Gasteiger partial charge on any atom is 0.336 e. The average molecular weight is 434 g/mol. The van der Waals surface area contributed by atoms with Crippen molar-refractivity contribution in [3.63, 3.8) is 0 Å². The van der Waals surface area contributed by atoms with E-state index in [1.807, 2.05) is 16.7 Å². The summed E-state index contributed by atoms with van der Waals surface area (Å²) in [5.41, 5.74) is 4.34. The lowest BCUT2D eigenvalue weighted by molar-refractivity contribution is 0.559. The lowest BCUT2D eigenvalue weighted by Gasteiger charge is -2.10. The van der Waals surface area contributed by atoms with Gasteiger partial charge in [0, 0.05) is 23.2 Å². The second-order valence-corrected chi connectivity index (χ2v) is 9.18. The van der Waals surface area contributed by atoms with E-state index < -0.39 is 0 Å². The number of nitrogens with zero attached hydrogens (tertiary/aromatic N) is 3. The van der Waals surface area contributed by atoms with Crippen LogP contribution in [0, 0.1) is 5.82 Å². The largest absolute Gasteiger partial charge is 0.423 e. The quantitative estimate of drug-likeness (QED) is 0.315. The Hall–Kier alpha value is -2.93. The molecule has 5 nitrogen and oxygen atoms in total. The minimum Gasteiger partial charge on any atom is -0.423 e. The third-order valence-corrected chi connectivity index (χ3v) is 7.08. The first-order valence-electron chi connectivity index (χ1n) is 10.6. The Morgan fingerprint density at radius 2 is 1.90 bits per heavy atom. The number of aryl methyl sites for hydroxylation is 2. The summed E-state index contributed by atoms with van der Waals surface area (Å²) in [4.78, 5) is 12.2. The van der Waals surface area contributed by atoms with Crippen LogP contribution in [0.2, 0.25) is 0 Å². The molecule has 1 fully saturated rings. The van der Waals surface area contributed by atoms with Crippen LogP contribution in [0.1, 0.15) is 42.0 Å². The van der Waals surface area contributed by atoms with Gasteiger partial charge in [0.25, 0.3) is 0 Å². The summed E-state index contributed by atoms with van der Waals surface area (Å²) in [6.45, 7) is 0. The van der Waals surface area contributed by atoms with Gasteiger partial charge in [-0.2, -0.15) is 0 Å². The predicted octanol–water partition coefficient (Wildman–Crippen LogP) is 5.31. The highest BCUT2D eigenvalue weighted by Gasteiger charge is 2.31. The maximum absolute atomic E-state index is 14.4. The zero-order chi connectivity index (χ0) is 20.9. The molecule has 4 aromatic rings. The molecule has 2 aliphatic rings. The lowest BCUT2D eigenvalue weighted by Crippen LogP contribution is -2.03. The van der Waals surface area contributed by atoms with Crippen molar-refractivity contribution in [2.24, 2.45) is 0 Å². The lowest BCUT2D eigenvalue weighted by atomic mass is 10.0. The van der Waals surface area contributed by atoms with E-state index in [4.69, 9.17) is 4.42 Å². The normalized spacial score (nSPS) is 15.5. The summed E-state index contributed by atoms with van der Waals surface area (Å²) in [6.07, 6.45) is 5.33. The second-order valence-electron chi connectivity index (χ2n) is 8.24. The number of aromatic nitrogens is 3. The van der Waals surface area contributed by atoms with E-state index in [1.54, 1.807) is 18.2 Å². The summed E-state index contributed by atoms with van der Waals surface area (Å²) in [6, 6.07) is 12.7. The molecular weight excluding hydrogens is 413 g/mol. The molecule has 6 rings (SSSR count). The molecule has 0 unspecified atom stereocenters. The fourth-order valence-corrected chi connectivity index (χ4v) is 5.42. The second kappa shape index (κ2) is 7.34. The highest BCUT2D eigenvalue weighted by molar-refractivity contribution is 7.98. The smallest absolute Gasteiger partial charge is 0.336 e. The van der Waals surface area contributed by atoms with Crippen LogP contribution < -0.4 is 5.63 Å². The third-order valence-electron chi connectivity index (χ3n) is 6.09. The van der Waals surface area contributed by atoms with Crippen LogP contribution in [0.15, 0.2) is 56.8 Å². The van der Waals surface area contributed by atoms with Crippen molar-refractivity contribution in [1.82, 2.24) is 14.8 Å². The van der Waals surface area contributed by atoms with Crippen molar-refractivity contribution in [3.05, 3.63) is 75.4 Å². The van der Waals surface area contributed by atoms with E-state index in [9.17, 15) is 9.18 Å². The van der Waals surface area contributed by atoms with Crippen molar-refractivity contribution in [2.75, 3.05) is 0 Å². The molecule has 0 saturated heterocycles. The first-order chi connectivity index (χ1) is 15.2. The molecule has 1 saturated carbocycles. The number of benzene rings is 2. The van der Waals surface area contributed by atoms with Crippen molar-refractivity contribution in [1.29, 1.82) is 0 Å². The first-order valence-corrected chi connectivity index (χ1v) is 11.6. The maximum atomic E-state index is 14.4. The standard InChI is InChI=1S/C24H20FN3O2S/c25-20-7-2-1-6-18(20)23-26-27-24(28(23)17-8-9-17)31-13-16-12-22(29)30-21-11-15-5-3-4-14(15)10-19(16)21/h1-2,6-7,10-12,17H,3-5,8-9,13H2. The molecule has 0 amide bonds. The van der Waals surface area contributed by atoms with E-state index in [1.165, 1.54) is 29.0 Å². The molecule has 2 aromatic heterocycles. The van der Waals surface area contributed by atoms with Crippen molar-refractivity contribution in [2.45, 2.75) is 49.1 Å². The Labute approximate surface area is 182 Å². The van der Waals surface area contributed by atoms with Crippen LogP contribution in [-0.4, -0.2) is 14.8 Å². The highest BCUT2D eigenvalue weighted by atomic mass is 32.2. The van der Waals surface area contributed by atoms with Crippen LogP contribution in [0.25, 0.3) is 22.4 Å². The van der Waals surface area contributed by atoms with Crippen LogP contribution in [-0.2, 0) is 18.6 Å². The summed E-state index contributed by atoms with van der Waals surface area (Å²) in [5, 5.41) is 10.4. The van der Waals surface area contributed by atoms with Crippen LogP contribution in [0.4, 0.5) is 4.39 Å². The Morgan fingerprint density at radius 1 is 1.10 bits per heavy atom. The molecule has 156 valence electrons. The van der Waals surface area contributed by atoms with Crippen LogP contribution in [0.5, 0.6) is 0 Å². The van der Waals surface area contributed by atoms with Gasteiger partial charge in [-0.25, -0.2) is 9.18 Å². The molecule has 0 radical (unpaired) electrons. The van der Waals surface area contributed by atoms with Gasteiger partial charge in [-0.3, -0.25) is 4.57 Å². The number of fused-ring (bicyclic) bond motifs is 2. The van der Waals surface area contributed by atoms with E-state index in [0.717, 1.165) is 48.2 Å². The molecule has 0 spiro atoms. The zero-order valence-electron chi connectivity index (χ0n) is 16.8. The van der Waals surface area contributed by atoms with Gasteiger partial charge < -0.3 is 4.42 Å². The molecule has 2 aliphatic carbocycles. The van der Waals surface area contributed by atoms with Gasteiger partial charge in [0.2, 0.25) is 0 Å². The van der Waals surface area contributed by atoms with E-state index >= 15 is 0 Å². The number of rotatable bonds is 5. The Balaban J connectivity index is 1.37. The number of hydrogen-bond acceptors (Lipinski definition) is 5. The summed E-state index contributed by atoms with van der Waals surface area (Å²) in [5.74, 6) is 0.843. The first kappa shape index (κ1) is 18.8. The van der Waals surface area contributed by atoms with E-state index in [-0.39, 0.29) is 11.4 Å². The highest BCUT2D eigenvalue weighted by Crippen LogP contribution is 2.42. The number of halogens is 1. The molecule has 2 heterocycles. The zero-order valence-corrected chi connectivity index (χ0v) is 17.6. The Kier molecular flexibility index (Phi) is 4.45. The molecule has 0 bridgehead atoms. The molecule has 0 N–H and O–H groups in total. The van der Waals surface area contributed by atoms with Crippen LogP contribution in [0.3, 0.4) is 0 Å². The minimum atomic E-state index is -0.336. The third kappa shape index (κ3) is 3.37. The van der Waals surface area contributed by atoms with Gasteiger partial charge >= 0.3 is 5.63 Å². The monoisotopic (exact) mass is 433 g/mol. The molecular formula is C24H20FN3O2S. The van der Waals surface area contributed by atoms with Crippen molar-refractivity contribution in [3.8, 4) is 11.4 Å². The molecule has 31 heavy (non-hydrogen) atoms. The number of thioether (sulfide) groups is 1. The SMILES string of the molecule is O=c1cc(CSc2nnc(-c3ccccc3F)n2C2CC2)c2cc3c(cc2o1)CCC3. The van der Waals surface area contributed by atoms with Crippen LogP contribution >= 0.6 is 11.8 Å². The van der Waals surface area contributed by atoms with Gasteiger partial charge in [0.15, 0.2) is 11.0 Å². The fraction of sp³-hybridized carbons (Fsp3) is 0.292. The van der Waals surface area contributed by atoms with E-state index in [2.05, 4.69) is 16.3 Å². The fourth-order valence-electron chi connectivity index (χ4n) is 4.42. The Bertz CT molecular complexity index is 1370. The molecule has 7 heteroatoms. The topological polar surface area (TPSA) is 60.9 Å².